The van der Waals surface area contributed by atoms with E-state index in [-0.39, 0.29) is 18.4 Å². The molecule has 1 aromatic heterocycles. The molecule has 1 atom stereocenters. The first-order valence-electron chi connectivity index (χ1n) is 7.92. The van der Waals surface area contributed by atoms with Crippen LogP contribution in [0.5, 0.6) is 0 Å². The maximum atomic E-state index is 12.1. The van der Waals surface area contributed by atoms with Gasteiger partial charge in [0, 0.05) is 17.0 Å². The Kier molecular flexibility index (Phi) is 4.11. The largest absolute Gasteiger partial charge is 0.464 e. The van der Waals surface area contributed by atoms with Gasteiger partial charge in [-0.25, -0.2) is 0 Å². The highest BCUT2D eigenvalue weighted by molar-refractivity contribution is 5.89. The van der Waals surface area contributed by atoms with Crippen molar-refractivity contribution in [2.75, 3.05) is 0 Å². The molecule has 5 nitrogen and oxygen atoms in total. The van der Waals surface area contributed by atoms with Gasteiger partial charge in [0.25, 0.3) is 5.91 Å². The normalized spacial score (nSPS) is 15.4. The van der Waals surface area contributed by atoms with E-state index in [1.54, 1.807) is 13.2 Å². The minimum absolute atomic E-state index is 0.0938. The number of fused-ring (bicyclic) bond motifs is 1. The molecular formula is C18H21NO4. The number of nitrogens with one attached hydrogen (secondary N) is 1. The Morgan fingerprint density at radius 1 is 1.35 bits per heavy atom. The molecule has 0 saturated heterocycles. The van der Waals surface area contributed by atoms with E-state index in [0.717, 1.165) is 40.5 Å². The lowest BCUT2D eigenvalue weighted by atomic mass is 10.0. The van der Waals surface area contributed by atoms with E-state index in [0.29, 0.717) is 0 Å². The van der Waals surface area contributed by atoms with E-state index < -0.39 is 12.1 Å². The average molecular weight is 315 g/mol. The quantitative estimate of drug-likeness (QED) is 0.862. The van der Waals surface area contributed by atoms with Crippen molar-refractivity contribution < 1.29 is 18.7 Å². The molecule has 1 aliphatic carbocycles. The number of aryl methyl sites for hydroxylation is 2. The minimum atomic E-state index is -0.773. The monoisotopic (exact) mass is 315 g/mol. The van der Waals surface area contributed by atoms with Crippen LogP contribution in [0.2, 0.25) is 0 Å². The number of rotatable bonds is 5. The summed E-state index contributed by atoms with van der Waals surface area (Å²) >= 11 is 0. The summed E-state index contributed by atoms with van der Waals surface area (Å²) in [5.41, 5.74) is 3.79. The summed E-state index contributed by atoms with van der Waals surface area (Å²) in [5, 5.41) is 3.74. The zero-order valence-electron chi connectivity index (χ0n) is 13.6. The summed E-state index contributed by atoms with van der Waals surface area (Å²) in [5.74, 6) is -0.659. The highest BCUT2D eigenvalue weighted by Crippen LogP contribution is 2.27. The Morgan fingerprint density at radius 3 is 2.78 bits per heavy atom. The summed E-state index contributed by atoms with van der Waals surface area (Å²) in [7, 11) is 0. The van der Waals surface area contributed by atoms with Crippen LogP contribution in [0.3, 0.4) is 0 Å². The van der Waals surface area contributed by atoms with Gasteiger partial charge in [-0.3, -0.25) is 9.59 Å². The number of hydrogen-bond acceptors (Lipinski definition) is 4. The lowest BCUT2D eigenvalue weighted by molar-refractivity contribution is -0.154. The van der Waals surface area contributed by atoms with E-state index in [2.05, 4.69) is 5.32 Å². The lowest BCUT2D eigenvalue weighted by Crippen LogP contribution is -2.37. The molecule has 1 aromatic carbocycles. The maximum Gasteiger partial charge on any atom is 0.311 e. The molecule has 1 amide bonds. The number of furan rings is 1. The van der Waals surface area contributed by atoms with Gasteiger partial charge < -0.3 is 14.5 Å². The Labute approximate surface area is 135 Å². The Hall–Kier alpha value is -2.30. The van der Waals surface area contributed by atoms with E-state index in [9.17, 15) is 9.59 Å². The van der Waals surface area contributed by atoms with Crippen LogP contribution in [0, 0.1) is 13.8 Å². The fourth-order valence-electron chi connectivity index (χ4n) is 2.52. The fraction of sp³-hybridized carbons (Fsp3) is 0.444. The first-order chi connectivity index (χ1) is 11.0. The number of carbonyl (C=O) groups excluding carboxylic acids is 2. The SMILES string of the molecule is Cc1ccc2c(CC(=O)O[C@H](C)C(=O)NC3CC3)coc2c1C. The molecule has 1 N–H and O–H groups in total. The molecule has 0 aliphatic heterocycles. The van der Waals surface area contributed by atoms with Crippen LogP contribution in [0.1, 0.15) is 36.5 Å². The summed E-state index contributed by atoms with van der Waals surface area (Å²) in [6.45, 7) is 5.61. The van der Waals surface area contributed by atoms with Crippen molar-refractivity contribution in [3.05, 3.63) is 35.1 Å². The van der Waals surface area contributed by atoms with Gasteiger partial charge in [0.05, 0.1) is 12.7 Å². The number of benzene rings is 1. The number of ether oxygens (including phenoxy) is 1. The summed E-state index contributed by atoms with van der Waals surface area (Å²) in [6.07, 6.45) is 2.92. The molecule has 0 unspecified atom stereocenters. The van der Waals surface area contributed by atoms with Gasteiger partial charge in [0.1, 0.15) is 5.58 Å². The smallest absolute Gasteiger partial charge is 0.311 e. The van der Waals surface area contributed by atoms with Crippen LogP contribution in [-0.2, 0) is 20.7 Å². The van der Waals surface area contributed by atoms with Crippen molar-refractivity contribution in [3.8, 4) is 0 Å². The maximum absolute atomic E-state index is 12.1. The molecule has 5 heteroatoms. The highest BCUT2D eigenvalue weighted by atomic mass is 16.5. The Balaban J connectivity index is 1.65. The molecule has 3 rings (SSSR count). The van der Waals surface area contributed by atoms with E-state index in [1.807, 2.05) is 26.0 Å². The van der Waals surface area contributed by atoms with Gasteiger partial charge >= 0.3 is 5.97 Å². The molecule has 1 saturated carbocycles. The minimum Gasteiger partial charge on any atom is -0.464 e. The van der Waals surface area contributed by atoms with Gasteiger partial charge in [-0.1, -0.05) is 12.1 Å². The molecule has 0 spiro atoms. The van der Waals surface area contributed by atoms with Gasteiger partial charge in [0.15, 0.2) is 6.10 Å². The van der Waals surface area contributed by atoms with Crippen LogP contribution in [0.15, 0.2) is 22.8 Å². The second-order valence-electron chi connectivity index (χ2n) is 6.24. The van der Waals surface area contributed by atoms with Crippen molar-refractivity contribution in [1.82, 2.24) is 5.32 Å². The van der Waals surface area contributed by atoms with Crippen molar-refractivity contribution in [2.45, 2.75) is 52.2 Å². The van der Waals surface area contributed by atoms with E-state index >= 15 is 0 Å². The highest BCUT2D eigenvalue weighted by Gasteiger charge is 2.27. The lowest BCUT2D eigenvalue weighted by Gasteiger charge is -2.12. The summed E-state index contributed by atoms with van der Waals surface area (Å²) < 4.78 is 10.8. The third-order valence-electron chi connectivity index (χ3n) is 4.28. The fourth-order valence-corrected chi connectivity index (χ4v) is 2.52. The molecule has 23 heavy (non-hydrogen) atoms. The molecule has 0 radical (unpaired) electrons. The second kappa shape index (κ2) is 6.07. The average Bonchev–Trinajstić information content (AvgIpc) is 3.22. The first-order valence-corrected chi connectivity index (χ1v) is 7.92. The van der Waals surface area contributed by atoms with Gasteiger partial charge in [-0.2, -0.15) is 0 Å². The number of carbonyl (C=O) groups is 2. The third-order valence-corrected chi connectivity index (χ3v) is 4.28. The van der Waals surface area contributed by atoms with Crippen LogP contribution in [0.25, 0.3) is 11.0 Å². The van der Waals surface area contributed by atoms with Crippen LogP contribution >= 0.6 is 0 Å². The predicted molar refractivity (Wildman–Crippen MR) is 86.1 cm³/mol. The standard InChI is InChI=1S/C18H21NO4/c1-10-4-7-15-13(9-22-17(15)11(10)2)8-16(20)23-12(3)18(21)19-14-5-6-14/h4,7,9,12,14H,5-6,8H2,1-3H3,(H,19,21)/t12-/m1/s1. The molecule has 2 aromatic rings. The van der Waals surface area contributed by atoms with Gasteiger partial charge in [-0.15, -0.1) is 0 Å². The first kappa shape index (κ1) is 15.6. The zero-order chi connectivity index (χ0) is 16.6. The van der Waals surface area contributed by atoms with Crippen LogP contribution in [-0.4, -0.2) is 24.0 Å². The van der Waals surface area contributed by atoms with Crippen LogP contribution in [0.4, 0.5) is 0 Å². The molecule has 122 valence electrons. The molecule has 1 fully saturated rings. The van der Waals surface area contributed by atoms with Crippen molar-refractivity contribution in [3.63, 3.8) is 0 Å². The molecular weight excluding hydrogens is 294 g/mol. The van der Waals surface area contributed by atoms with E-state index in [4.69, 9.17) is 9.15 Å². The summed E-state index contributed by atoms with van der Waals surface area (Å²) in [6, 6.07) is 4.22. The topological polar surface area (TPSA) is 68.5 Å². The zero-order valence-corrected chi connectivity index (χ0v) is 13.6. The van der Waals surface area contributed by atoms with E-state index in [1.165, 1.54) is 0 Å². The van der Waals surface area contributed by atoms with Crippen molar-refractivity contribution >= 4 is 22.8 Å². The summed E-state index contributed by atoms with van der Waals surface area (Å²) in [4.78, 5) is 23.9. The molecule has 1 heterocycles. The number of hydrogen-bond donors (Lipinski definition) is 1. The van der Waals surface area contributed by atoms with Gasteiger partial charge in [0.2, 0.25) is 0 Å². The number of amides is 1. The van der Waals surface area contributed by atoms with Crippen molar-refractivity contribution in [2.24, 2.45) is 0 Å². The third kappa shape index (κ3) is 3.38. The Bertz CT molecular complexity index is 758. The number of esters is 1. The molecule has 1 aliphatic rings. The van der Waals surface area contributed by atoms with Crippen LogP contribution < -0.4 is 5.32 Å². The Morgan fingerprint density at radius 2 is 2.09 bits per heavy atom. The van der Waals surface area contributed by atoms with Gasteiger partial charge in [-0.05, 0) is 44.7 Å². The predicted octanol–water partition coefficient (Wildman–Crippen LogP) is 2.80. The van der Waals surface area contributed by atoms with Crippen molar-refractivity contribution in [1.29, 1.82) is 0 Å². The molecule has 0 bridgehead atoms. The second-order valence-corrected chi connectivity index (χ2v) is 6.24.